The van der Waals surface area contributed by atoms with Crippen LogP contribution in [0.25, 0.3) is 0 Å². The van der Waals surface area contributed by atoms with E-state index in [1.165, 1.54) is 32.4 Å². The van der Waals surface area contributed by atoms with Crippen molar-refractivity contribution < 1.29 is 27.4 Å². The Kier molecular flexibility index (Phi) is 7.67. The topological polar surface area (TPSA) is 103 Å². The number of hydrogen-bond acceptors (Lipinski definition) is 6. The van der Waals surface area contributed by atoms with Crippen LogP contribution in [0.4, 0.5) is 11.4 Å². The third kappa shape index (κ3) is 6.09. The van der Waals surface area contributed by atoms with Gasteiger partial charge in [-0.1, -0.05) is 11.6 Å². The molecule has 174 valence electrons. The molecule has 3 aromatic carbocycles. The van der Waals surface area contributed by atoms with Gasteiger partial charge in [-0.3, -0.25) is 9.52 Å². The summed E-state index contributed by atoms with van der Waals surface area (Å²) in [6, 6.07) is 15.3. The largest absolute Gasteiger partial charge is 0.497 e. The lowest BCUT2D eigenvalue weighted by molar-refractivity contribution is 0.102. The molecule has 0 saturated carbocycles. The predicted molar refractivity (Wildman–Crippen MR) is 127 cm³/mol. The van der Waals surface area contributed by atoms with E-state index < -0.39 is 15.9 Å². The number of ether oxygens (including phenoxy) is 3. The van der Waals surface area contributed by atoms with E-state index in [1.54, 1.807) is 42.5 Å². The summed E-state index contributed by atoms with van der Waals surface area (Å²) in [4.78, 5) is 12.6. The summed E-state index contributed by atoms with van der Waals surface area (Å²) >= 11 is 6.15. The molecule has 33 heavy (non-hydrogen) atoms. The van der Waals surface area contributed by atoms with Crippen LogP contribution in [0.5, 0.6) is 17.2 Å². The number of hydrogen-bond donors (Lipinski definition) is 2. The van der Waals surface area contributed by atoms with E-state index in [0.717, 1.165) is 0 Å². The standard InChI is InChI=1S/C23H23ClN2O6S/c1-4-32-18-8-6-16(7-9-18)26-33(28,29)22-11-15(5-10-21(22)24)23(27)25-17-12-19(30-2)14-20(13-17)31-3/h5-14,26H,4H2,1-3H3,(H,25,27). The van der Waals surface area contributed by atoms with Crippen molar-refractivity contribution in [3.63, 3.8) is 0 Å². The van der Waals surface area contributed by atoms with Gasteiger partial charge in [0.2, 0.25) is 0 Å². The average molecular weight is 491 g/mol. The number of benzene rings is 3. The van der Waals surface area contributed by atoms with Crippen LogP contribution >= 0.6 is 11.6 Å². The van der Waals surface area contributed by atoms with Gasteiger partial charge in [0, 0.05) is 35.1 Å². The SMILES string of the molecule is CCOc1ccc(NS(=O)(=O)c2cc(C(=O)Nc3cc(OC)cc(OC)c3)ccc2Cl)cc1. The van der Waals surface area contributed by atoms with Crippen molar-refractivity contribution in [3.05, 3.63) is 71.2 Å². The maximum Gasteiger partial charge on any atom is 0.263 e. The molecule has 3 rings (SSSR count). The van der Waals surface area contributed by atoms with Crippen LogP contribution in [0.15, 0.2) is 65.6 Å². The lowest BCUT2D eigenvalue weighted by atomic mass is 10.2. The minimum atomic E-state index is -4.06. The number of methoxy groups -OCH3 is 2. The van der Waals surface area contributed by atoms with Crippen LogP contribution in [-0.2, 0) is 10.0 Å². The van der Waals surface area contributed by atoms with Gasteiger partial charge >= 0.3 is 0 Å². The number of halogens is 1. The molecule has 0 spiro atoms. The van der Waals surface area contributed by atoms with E-state index in [9.17, 15) is 13.2 Å². The molecule has 0 heterocycles. The van der Waals surface area contributed by atoms with Crippen molar-refractivity contribution >= 4 is 38.9 Å². The summed E-state index contributed by atoms with van der Waals surface area (Å²) < 4.78 is 44.1. The van der Waals surface area contributed by atoms with Crippen molar-refractivity contribution in [2.75, 3.05) is 30.9 Å². The van der Waals surface area contributed by atoms with Gasteiger partial charge < -0.3 is 19.5 Å². The normalized spacial score (nSPS) is 10.9. The van der Waals surface area contributed by atoms with Gasteiger partial charge in [0.15, 0.2) is 0 Å². The monoisotopic (exact) mass is 490 g/mol. The molecule has 0 bridgehead atoms. The molecule has 0 aliphatic heterocycles. The molecule has 0 aliphatic rings. The van der Waals surface area contributed by atoms with Crippen molar-refractivity contribution in [2.45, 2.75) is 11.8 Å². The number of amides is 1. The Labute approximate surface area is 197 Å². The Balaban J connectivity index is 1.84. The molecular formula is C23H23ClN2O6S. The lowest BCUT2D eigenvalue weighted by Gasteiger charge is -2.13. The van der Waals surface area contributed by atoms with E-state index in [2.05, 4.69) is 10.0 Å². The van der Waals surface area contributed by atoms with Crippen LogP contribution in [0, 0.1) is 0 Å². The smallest absolute Gasteiger partial charge is 0.263 e. The van der Waals surface area contributed by atoms with Crippen molar-refractivity contribution in [1.82, 2.24) is 0 Å². The molecule has 0 aromatic heterocycles. The summed E-state index contributed by atoms with van der Waals surface area (Å²) in [7, 11) is -1.07. The molecule has 10 heteroatoms. The summed E-state index contributed by atoms with van der Waals surface area (Å²) in [6.45, 7) is 2.35. The summed E-state index contributed by atoms with van der Waals surface area (Å²) in [5, 5.41) is 2.68. The Bertz CT molecular complexity index is 1220. The summed E-state index contributed by atoms with van der Waals surface area (Å²) in [5.74, 6) is 1.07. The zero-order valence-electron chi connectivity index (χ0n) is 18.2. The van der Waals surface area contributed by atoms with E-state index in [-0.39, 0.29) is 15.5 Å². The second-order valence-electron chi connectivity index (χ2n) is 6.76. The first-order valence-corrected chi connectivity index (χ1v) is 11.7. The van der Waals surface area contributed by atoms with E-state index in [0.29, 0.717) is 35.2 Å². The molecule has 0 fully saturated rings. The first-order chi connectivity index (χ1) is 15.7. The molecule has 0 saturated heterocycles. The molecule has 1 amide bonds. The fourth-order valence-corrected chi connectivity index (χ4v) is 4.51. The van der Waals surface area contributed by atoms with Gasteiger partial charge in [-0.25, -0.2) is 8.42 Å². The third-order valence-corrected chi connectivity index (χ3v) is 6.37. The highest BCUT2D eigenvalue weighted by Crippen LogP contribution is 2.28. The van der Waals surface area contributed by atoms with Crippen LogP contribution in [0.1, 0.15) is 17.3 Å². The van der Waals surface area contributed by atoms with Crippen LogP contribution in [0.3, 0.4) is 0 Å². The van der Waals surface area contributed by atoms with Gasteiger partial charge in [0.1, 0.15) is 22.1 Å². The summed E-state index contributed by atoms with van der Waals surface area (Å²) in [5.41, 5.74) is 0.851. The van der Waals surface area contributed by atoms with Crippen molar-refractivity contribution in [1.29, 1.82) is 0 Å². The Morgan fingerprint density at radius 1 is 0.879 bits per heavy atom. The van der Waals surface area contributed by atoms with Crippen molar-refractivity contribution in [3.8, 4) is 17.2 Å². The number of rotatable bonds is 9. The molecule has 0 atom stereocenters. The minimum absolute atomic E-state index is 0.0203. The molecule has 0 aliphatic carbocycles. The predicted octanol–water partition coefficient (Wildman–Crippen LogP) is 4.81. The zero-order valence-corrected chi connectivity index (χ0v) is 19.8. The highest BCUT2D eigenvalue weighted by atomic mass is 35.5. The van der Waals surface area contributed by atoms with E-state index >= 15 is 0 Å². The van der Waals surface area contributed by atoms with Gasteiger partial charge in [0.05, 0.1) is 25.8 Å². The number of anilines is 2. The maximum absolute atomic E-state index is 12.9. The second kappa shape index (κ2) is 10.5. The van der Waals surface area contributed by atoms with Crippen molar-refractivity contribution in [2.24, 2.45) is 0 Å². The fraction of sp³-hybridized carbons (Fsp3) is 0.174. The molecule has 8 nitrogen and oxygen atoms in total. The first kappa shape index (κ1) is 24.2. The number of sulfonamides is 1. The van der Waals surface area contributed by atoms with E-state index in [4.69, 9.17) is 25.8 Å². The Morgan fingerprint density at radius 2 is 1.52 bits per heavy atom. The van der Waals surface area contributed by atoms with Gasteiger partial charge in [0.25, 0.3) is 15.9 Å². The molecule has 0 radical (unpaired) electrons. The highest BCUT2D eigenvalue weighted by Gasteiger charge is 2.21. The summed E-state index contributed by atoms with van der Waals surface area (Å²) in [6.07, 6.45) is 0. The Morgan fingerprint density at radius 3 is 2.09 bits per heavy atom. The quantitative estimate of drug-likeness (QED) is 0.446. The van der Waals surface area contributed by atoms with Crippen LogP contribution in [0.2, 0.25) is 5.02 Å². The lowest BCUT2D eigenvalue weighted by Crippen LogP contribution is -2.16. The number of carbonyl (C=O) groups excluding carboxylic acids is 1. The molecular weight excluding hydrogens is 468 g/mol. The third-order valence-electron chi connectivity index (χ3n) is 4.51. The fourth-order valence-electron chi connectivity index (χ4n) is 2.93. The Hall–Kier alpha value is -3.43. The first-order valence-electron chi connectivity index (χ1n) is 9.85. The molecule has 0 unspecified atom stereocenters. The maximum atomic E-state index is 12.9. The number of nitrogens with one attached hydrogen (secondary N) is 2. The van der Waals surface area contributed by atoms with Gasteiger partial charge in [-0.2, -0.15) is 0 Å². The molecule has 3 aromatic rings. The van der Waals surface area contributed by atoms with Gasteiger partial charge in [-0.05, 0) is 49.4 Å². The van der Waals surface area contributed by atoms with E-state index in [1.807, 2.05) is 6.92 Å². The van der Waals surface area contributed by atoms with Crippen LogP contribution < -0.4 is 24.2 Å². The minimum Gasteiger partial charge on any atom is -0.497 e. The van der Waals surface area contributed by atoms with Gasteiger partial charge in [-0.15, -0.1) is 0 Å². The zero-order chi connectivity index (χ0) is 24.0. The number of carbonyl (C=O) groups is 1. The van der Waals surface area contributed by atoms with Crippen LogP contribution in [-0.4, -0.2) is 35.2 Å². The second-order valence-corrected chi connectivity index (χ2v) is 8.82. The average Bonchev–Trinajstić information content (AvgIpc) is 2.80. The molecule has 2 N–H and O–H groups in total. The highest BCUT2D eigenvalue weighted by molar-refractivity contribution is 7.92.